The van der Waals surface area contributed by atoms with E-state index in [-0.39, 0.29) is 17.8 Å². The van der Waals surface area contributed by atoms with Gasteiger partial charge in [-0.2, -0.15) is 0 Å². The number of nitrogens with zero attached hydrogens (tertiary/aromatic N) is 3. The van der Waals surface area contributed by atoms with Gasteiger partial charge in [0.25, 0.3) is 0 Å². The Balaban J connectivity index is 1.41. The maximum Gasteiger partial charge on any atom is 0.322 e. The molecule has 0 saturated carbocycles. The predicted molar refractivity (Wildman–Crippen MR) is 118 cm³/mol. The summed E-state index contributed by atoms with van der Waals surface area (Å²) in [6.07, 6.45) is 2.20. The lowest BCUT2D eigenvalue weighted by Crippen LogP contribution is -2.45. The molecule has 1 saturated heterocycles. The number of aromatic nitrogens is 2. The minimum atomic E-state index is -0.576. The minimum Gasteiger partial charge on any atom is -0.312 e. The molecule has 2 N–H and O–H groups in total. The van der Waals surface area contributed by atoms with Crippen molar-refractivity contribution in [2.75, 3.05) is 17.2 Å². The maximum absolute atomic E-state index is 13.1. The number of amides is 3. The molecule has 7 nitrogen and oxygen atoms in total. The van der Waals surface area contributed by atoms with Crippen LogP contribution in [0.5, 0.6) is 0 Å². The lowest BCUT2D eigenvalue weighted by Gasteiger charge is -2.24. The number of carbonyl (C=O) groups is 2. The van der Waals surface area contributed by atoms with E-state index >= 15 is 0 Å². The summed E-state index contributed by atoms with van der Waals surface area (Å²) >= 11 is 1.20. The fourth-order valence-corrected chi connectivity index (χ4v) is 4.27. The average Bonchev–Trinajstić information content (AvgIpc) is 3.44. The Morgan fingerprint density at radius 1 is 1.16 bits per heavy atom. The van der Waals surface area contributed by atoms with Crippen molar-refractivity contribution < 1.29 is 14.0 Å². The fraction of sp³-hybridized carbons (Fsp3) is 0.273. The van der Waals surface area contributed by atoms with Gasteiger partial charge >= 0.3 is 6.03 Å². The molecule has 2 aromatic carbocycles. The summed E-state index contributed by atoms with van der Waals surface area (Å²) < 4.78 is 13.1. The third-order valence-corrected chi connectivity index (χ3v) is 6.04. The Hall–Kier alpha value is -3.33. The molecule has 0 aliphatic carbocycles. The second-order valence-corrected chi connectivity index (χ2v) is 8.22. The number of benzene rings is 2. The van der Waals surface area contributed by atoms with Crippen LogP contribution in [0.4, 0.5) is 20.0 Å². The Morgan fingerprint density at radius 2 is 1.97 bits per heavy atom. The molecular formula is C22H22FN5O2S. The molecular weight excluding hydrogens is 417 g/mol. The van der Waals surface area contributed by atoms with Gasteiger partial charge in [-0.05, 0) is 61.2 Å². The van der Waals surface area contributed by atoms with Gasteiger partial charge in [-0.25, -0.2) is 9.18 Å². The van der Waals surface area contributed by atoms with E-state index in [0.717, 1.165) is 24.0 Å². The number of hydrogen-bond donors (Lipinski definition) is 2. The normalized spacial score (nSPS) is 15.7. The molecule has 1 aliphatic rings. The van der Waals surface area contributed by atoms with E-state index in [1.165, 1.54) is 23.5 Å². The molecule has 1 fully saturated rings. The average molecular weight is 440 g/mol. The highest BCUT2D eigenvalue weighted by Gasteiger charge is 2.34. The van der Waals surface area contributed by atoms with E-state index < -0.39 is 6.04 Å². The van der Waals surface area contributed by atoms with Crippen LogP contribution in [0.3, 0.4) is 0 Å². The molecule has 9 heteroatoms. The molecule has 1 unspecified atom stereocenters. The molecule has 0 bridgehead atoms. The van der Waals surface area contributed by atoms with Crippen molar-refractivity contribution in [1.29, 1.82) is 0 Å². The van der Waals surface area contributed by atoms with Crippen LogP contribution < -0.4 is 10.6 Å². The van der Waals surface area contributed by atoms with Gasteiger partial charge in [0.1, 0.15) is 16.9 Å². The van der Waals surface area contributed by atoms with E-state index in [1.54, 1.807) is 17.0 Å². The zero-order valence-corrected chi connectivity index (χ0v) is 17.8. The van der Waals surface area contributed by atoms with Crippen molar-refractivity contribution in [3.05, 3.63) is 59.9 Å². The predicted octanol–water partition coefficient (Wildman–Crippen LogP) is 4.54. The maximum atomic E-state index is 13.1. The van der Waals surface area contributed by atoms with E-state index in [2.05, 4.69) is 27.8 Å². The minimum absolute atomic E-state index is 0.295. The standard InChI is InChI=1S/C22H22FN5O2S/c1-2-14-5-3-6-17(13-14)24-22(30)28-12-4-7-18(28)19(29)25-21-27-26-20(31-21)15-8-10-16(23)11-9-15/h3,5-6,8-11,13,18H,2,4,7,12H2,1H3,(H,24,30)(H,25,27,29). The smallest absolute Gasteiger partial charge is 0.312 e. The molecule has 160 valence electrons. The van der Waals surface area contributed by atoms with E-state index in [1.807, 2.05) is 24.3 Å². The zero-order valence-electron chi connectivity index (χ0n) is 17.0. The number of urea groups is 1. The molecule has 2 heterocycles. The number of rotatable bonds is 5. The summed E-state index contributed by atoms with van der Waals surface area (Å²) in [5.41, 5.74) is 2.56. The number of likely N-dealkylation sites (tertiary alicyclic amines) is 1. The first-order chi connectivity index (χ1) is 15.0. The van der Waals surface area contributed by atoms with Crippen molar-refractivity contribution in [3.63, 3.8) is 0 Å². The van der Waals surface area contributed by atoms with Crippen molar-refractivity contribution in [1.82, 2.24) is 15.1 Å². The lowest BCUT2D eigenvalue weighted by atomic mass is 10.1. The second-order valence-electron chi connectivity index (χ2n) is 7.24. The quantitative estimate of drug-likeness (QED) is 0.611. The highest BCUT2D eigenvalue weighted by atomic mass is 32.1. The van der Waals surface area contributed by atoms with Crippen LogP contribution in [0.15, 0.2) is 48.5 Å². The molecule has 0 radical (unpaired) electrons. The first-order valence-electron chi connectivity index (χ1n) is 10.1. The van der Waals surface area contributed by atoms with Gasteiger partial charge in [-0.1, -0.05) is 30.4 Å². The van der Waals surface area contributed by atoms with Crippen LogP contribution >= 0.6 is 11.3 Å². The van der Waals surface area contributed by atoms with Gasteiger partial charge in [0, 0.05) is 17.8 Å². The summed E-state index contributed by atoms with van der Waals surface area (Å²) in [5, 5.41) is 14.6. The fourth-order valence-electron chi connectivity index (χ4n) is 3.52. The van der Waals surface area contributed by atoms with Crippen LogP contribution in [0.25, 0.3) is 10.6 Å². The third-order valence-electron chi connectivity index (χ3n) is 5.15. The SMILES string of the molecule is CCc1cccc(NC(=O)N2CCCC2C(=O)Nc2nnc(-c3ccc(F)cc3)s2)c1. The number of aryl methyl sites for hydroxylation is 1. The number of halogens is 1. The Bertz CT molecular complexity index is 1090. The molecule has 1 atom stereocenters. The largest absolute Gasteiger partial charge is 0.322 e. The van der Waals surface area contributed by atoms with Gasteiger partial charge in [0.05, 0.1) is 0 Å². The van der Waals surface area contributed by atoms with E-state index in [9.17, 15) is 14.0 Å². The summed E-state index contributed by atoms with van der Waals surface area (Å²) in [6, 6.07) is 12.7. The first kappa shape index (κ1) is 20.9. The Kier molecular flexibility index (Phi) is 6.22. The summed E-state index contributed by atoms with van der Waals surface area (Å²) in [6.45, 7) is 2.56. The summed E-state index contributed by atoms with van der Waals surface area (Å²) in [7, 11) is 0. The van der Waals surface area contributed by atoms with Crippen molar-refractivity contribution in [2.45, 2.75) is 32.2 Å². The Labute approximate surface area is 183 Å². The zero-order chi connectivity index (χ0) is 21.8. The molecule has 0 spiro atoms. The molecule has 3 amide bonds. The van der Waals surface area contributed by atoms with Gasteiger partial charge in [0.2, 0.25) is 11.0 Å². The number of hydrogen-bond acceptors (Lipinski definition) is 5. The topological polar surface area (TPSA) is 87.2 Å². The van der Waals surface area contributed by atoms with Crippen molar-refractivity contribution >= 4 is 34.1 Å². The van der Waals surface area contributed by atoms with Crippen molar-refractivity contribution in [2.24, 2.45) is 0 Å². The second kappa shape index (κ2) is 9.22. The van der Waals surface area contributed by atoms with Gasteiger partial charge < -0.3 is 10.2 Å². The van der Waals surface area contributed by atoms with Gasteiger partial charge in [-0.3, -0.25) is 10.1 Å². The van der Waals surface area contributed by atoms with Gasteiger partial charge in [-0.15, -0.1) is 10.2 Å². The van der Waals surface area contributed by atoms with E-state index in [4.69, 9.17) is 0 Å². The molecule has 1 aliphatic heterocycles. The molecule has 3 aromatic rings. The highest BCUT2D eigenvalue weighted by molar-refractivity contribution is 7.18. The molecule has 1 aromatic heterocycles. The monoisotopic (exact) mass is 439 g/mol. The molecule has 31 heavy (non-hydrogen) atoms. The highest BCUT2D eigenvalue weighted by Crippen LogP contribution is 2.27. The number of anilines is 2. The summed E-state index contributed by atoms with van der Waals surface area (Å²) in [5.74, 6) is -0.625. The Morgan fingerprint density at radius 3 is 2.74 bits per heavy atom. The third kappa shape index (κ3) is 4.88. The van der Waals surface area contributed by atoms with Crippen LogP contribution in [-0.2, 0) is 11.2 Å². The van der Waals surface area contributed by atoms with Crippen LogP contribution in [0.1, 0.15) is 25.3 Å². The summed E-state index contributed by atoms with van der Waals surface area (Å²) in [4.78, 5) is 27.2. The first-order valence-corrected chi connectivity index (χ1v) is 10.9. The number of carbonyl (C=O) groups excluding carboxylic acids is 2. The van der Waals surface area contributed by atoms with Crippen molar-refractivity contribution in [3.8, 4) is 10.6 Å². The van der Waals surface area contributed by atoms with Gasteiger partial charge in [0.15, 0.2) is 0 Å². The van der Waals surface area contributed by atoms with Crippen LogP contribution in [0, 0.1) is 5.82 Å². The van der Waals surface area contributed by atoms with Crippen LogP contribution in [-0.4, -0.2) is 39.6 Å². The molecule has 4 rings (SSSR count). The number of nitrogens with one attached hydrogen (secondary N) is 2. The van der Waals surface area contributed by atoms with Crippen LogP contribution in [0.2, 0.25) is 0 Å². The lowest BCUT2D eigenvalue weighted by molar-refractivity contribution is -0.119. The van der Waals surface area contributed by atoms with E-state index in [0.29, 0.717) is 28.8 Å².